The summed E-state index contributed by atoms with van der Waals surface area (Å²) in [6, 6.07) is 10.5. The number of amides is 1. The Hall–Kier alpha value is -2.21. The Kier molecular flexibility index (Phi) is 6.17. The molecule has 1 aliphatic heterocycles. The van der Waals surface area contributed by atoms with Crippen LogP contribution >= 0.6 is 0 Å². The van der Waals surface area contributed by atoms with Crippen molar-refractivity contribution in [3.63, 3.8) is 0 Å². The highest BCUT2D eigenvalue weighted by molar-refractivity contribution is 5.76. The first-order valence-electron chi connectivity index (χ1n) is 9.06. The van der Waals surface area contributed by atoms with Crippen LogP contribution in [-0.2, 0) is 22.6 Å². The van der Waals surface area contributed by atoms with E-state index in [1.807, 2.05) is 40.9 Å². The van der Waals surface area contributed by atoms with Gasteiger partial charge in [0, 0.05) is 26.1 Å². The average molecular weight is 342 g/mol. The molecule has 2 aromatic rings. The summed E-state index contributed by atoms with van der Waals surface area (Å²) in [5.74, 6) is 0.244. The second-order valence-electron chi connectivity index (χ2n) is 6.45. The lowest BCUT2D eigenvalue weighted by Crippen LogP contribution is -2.29. The summed E-state index contributed by atoms with van der Waals surface area (Å²) in [5.41, 5.74) is 2.13. The van der Waals surface area contributed by atoms with E-state index in [-0.39, 0.29) is 11.9 Å². The van der Waals surface area contributed by atoms with Gasteiger partial charge in [-0.05, 0) is 31.7 Å². The number of rotatable bonds is 8. The quantitative estimate of drug-likeness (QED) is 0.740. The molecule has 6 nitrogen and oxygen atoms in total. The van der Waals surface area contributed by atoms with Gasteiger partial charge >= 0.3 is 0 Å². The fourth-order valence-corrected chi connectivity index (χ4v) is 3.20. The predicted molar refractivity (Wildman–Crippen MR) is 95.0 cm³/mol. The third-order valence-corrected chi connectivity index (χ3v) is 4.60. The van der Waals surface area contributed by atoms with Crippen molar-refractivity contribution in [3.05, 3.63) is 47.8 Å². The molecule has 1 aromatic heterocycles. The number of likely N-dealkylation sites (tertiary alicyclic amines) is 1. The molecule has 1 amide bonds. The van der Waals surface area contributed by atoms with Crippen LogP contribution in [0.15, 0.2) is 36.5 Å². The van der Waals surface area contributed by atoms with Crippen LogP contribution in [0.3, 0.4) is 0 Å². The van der Waals surface area contributed by atoms with Crippen molar-refractivity contribution in [2.24, 2.45) is 0 Å². The van der Waals surface area contributed by atoms with Crippen LogP contribution in [0.2, 0.25) is 0 Å². The molecule has 0 aliphatic carbocycles. The van der Waals surface area contributed by atoms with Gasteiger partial charge in [0.25, 0.3) is 0 Å². The third kappa shape index (κ3) is 4.89. The van der Waals surface area contributed by atoms with Crippen LogP contribution < -0.4 is 0 Å². The number of aromatic nitrogens is 3. The summed E-state index contributed by atoms with van der Waals surface area (Å²) in [7, 11) is 0. The van der Waals surface area contributed by atoms with Crippen molar-refractivity contribution in [2.45, 2.75) is 45.3 Å². The van der Waals surface area contributed by atoms with E-state index in [4.69, 9.17) is 4.74 Å². The predicted octanol–water partition coefficient (Wildman–Crippen LogP) is 2.61. The van der Waals surface area contributed by atoms with Gasteiger partial charge in [-0.2, -0.15) is 0 Å². The minimum Gasteiger partial charge on any atom is -0.375 e. The zero-order valence-corrected chi connectivity index (χ0v) is 14.8. The van der Waals surface area contributed by atoms with Crippen molar-refractivity contribution in [1.82, 2.24) is 19.9 Å². The molecular weight excluding hydrogens is 316 g/mol. The Morgan fingerprint density at radius 2 is 2.16 bits per heavy atom. The van der Waals surface area contributed by atoms with Crippen LogP contribution in [0.1, 0.15) is 43.5 Å². The Morgan fingerprint density at radius 1 is 1.32 bits per heavy atom. The van der Waals surface area contributed by atoms with Crippen molar-refractivity contribution in [2.75, 3.05) is 19.7 Å². The van der Waals surface area contributed by atoms with Crippen LogP contribution in [0, 0.1) is 0 Å². The maximum atomic E-state index is 12.4. The Morgan fingerprint density at radius 3 is 2.96 bits per heavy atom. The molecule has 1 atom stereocenters. The summed E-state index contributed by atoms with van der Waals surface area (Å²) >= 11 is 0. The Bertz CT molecular complexity index is 671. The molecule has 3 rings (SSSR count). The van der Waals surface area contributed by atoms with Crippen LogP contribution in [0.5, 0.6) is 0 Å². The Labute approximate surface area is 148 Å². The number of hydrogen-bond donors (Lipinski definition) is 0. The van der Waals surface area contributed by atoms with Gasteiger partial charge in [0.15, 0.2) is 0 Å². The highest BCUT2D eigenvalue weighted by Crippen LogP contribution is 2.22. The molecule has 134 valence electrons. The molecule has 1 fully saturated rings. The molecule has 0 bridgehead atoms. The molecule has 25 heavy (non-hydrogen) atoms. The summed E-state index contributed by atoms with van der Waals surface area (Å²) in [5, 5.41) is 8.33. The zero-order chi connectivity index (χ0) is 17.5. The summed E-state index contributed by atoms with van der Waals surface area (Å²) in [6.45, 7) is 4.65. The second kappa shape index (κ2) is 8.76. The highest BCUT2D eigenvalue weighted by Gasteiger charge is 2.27. The van der Waals surface area contributed by atoms with Gasteiger partial charge in [0.2, 0.25) is 5.91 Å². The molecule has 1 aliphatic rings. The minimum atomic E-state index is 0.223. The Balaban J connectivity index is 1.44. The normalized spacial score (nSPS) is 17.2. The second-order valence-corrected chi connectivity index (χ2v) is 6.45. The number of hydrogen-bond acceptors (Lipinski definition) is 4. The van der Waals surface area contributed by atoms with Crippen LogP contribution in [0.4, 0.5) is 0 Å². The van der Waals surface area contributed by atoms with E-state index in [2.05, 4.69) is 22.4 Å². The van der Waals surface area contributed by atoms with Gasteiger partial charge in [-0.1, -0.05) is 35.5 Å². The van der Waals surface area contributed by atoms with Gasteiger partial charge in [-0.25, -0.2) is 4.68 Å². The number of aryl methyl sites for hydroxylation is 1. The monoisotopic (exact) mass is 342 g/mol. The molecule has 0 radical (unpaired) electrons. The van der Waals surface area contributed by atoms with Crippen molar-refractivity contribution >= 4 is 5.91 Å². The van der Waals surface area contributed by atoms with E-state index in [0.717, 1.165) is 38.0 Å². The molecule has 0 spiro atoms. The van der Waals surface area contributed by atoms with E-state index >= 15 is 0 Å². The summed E-state index contributed by atoms with van der Waals surface area (Å²) in [6.07, 6.45) is 5.32. The molecule has 2 heterocycles. The maximum Gasteiger partial charge on any atom is 0.222 e. The third-order valence-electron chi connectivity index (χ3n) is 4.60. The van der Waals surface area contributed by atoms with Crippen molar-refractivity contribution in [3.8, 4) is 0 Å². The highest BCUT2D eigenvalue weighted by atomic mass is 16.5. The van der Waals surface area contributed by atoms with Gasteiger partial charge in [-0.3, -0.25) is 4.79 Å². The molecule has 1 unspecified atom stereocenters. The van der Waals surface area contributed by atoms with Gasteiger partial charge < -0.3 is 9.64 Å². The fraction of sp³-hybridized carbons (Fsp3) is 0.526. The molecule has 0 N–H and O–H groups in total. The first-order valence-corrected chi connectivity index (χ1v) is 9.06. The number of benzene rings is 1. The first kappa shape index (κ1) is 17.6. The molecule has 6 heteroatoms. The van der Waals surface area contributed by atoms with Crippen LogP contribution in [0.25, 0.3) is 0 Å². The number of ether oxygens (including phenoxy) is 1. The molecule has 0 saturated carbocycles. The fourth-order valence-electron chi connectivity index (χ4n) is 3.20. The van der Waals surface area contributed by atoms with Gasteiger partial charge in [-0.15, -0.1) is 5.10 Å². The summed E-state index contributed by atoms with van der Waals surface area (Å²) in [4.78, 5) is 14.4. The van der Waals surface area contributed by atoms with E-state index in [1.165, 1.54) is 5.56 Å². The largest absolute Gasteiger partial charge is 0.375 e. The van der Waals surface area contributed by atoms with Crippen molar-refractivity contribution < 1.29 is 9.53 Å². The first-order chi connectivity index (χ1) is 12.3. The summed E-state index contributed by atoms with van der Waals surface area (Å²) < 4.78 is 7.24. The standard InChI is InChI=1S/C19H26N4O2/c1-2-25-15-17-13-23(21-20-17)18-11-12-22(14-18)19(24)10-6-9-16-7-4-3-5-8-16/h3-5,7-8,13,18H,2,6,9-12,14-15H2,1H3. The SMILES string of the molecule is CCOCc1cn(C2CCN(C(=O)CCCc3ccccc3)C2)nn1. The molecule has 1 saturated heterocycles. The number of carbonyl (C=O) groups excluding carboxylic acids is 1. The number of nitrogens with zero attached hydrogens (tertiary/aromatic N) is 4. The lowest BCUT2D eigenvalue weighted by atomic mass is 10.1. The maximum absolute atomic E-state index is 12.4. The van der Waals surface area contributed by atoms with E-state index in [9.17, 15) is 4.79 Å². The number of carbonyl (C=O) groups is 1. The van der Waals surface area contributed by atoms with Crippen LogP contribution in [-0.4, -0.2) is 45.5 Å². The lowest BCUT2D eigenvalue weighted by molar-refractivity contribution is -0.130. The topological polar surface area (TPSA) is 60.2 Å². The van der Waals surface area contributed by atoms with Gasteiger partial charge in [0.05, 0.1) is 18.8 Å². The zero-order valence-electron chi connectivity index (χ0n) is 14.8. The lowest BCUT2D eigenvalue weighted by Gasteiger charge is -2.16. The smallest absolute Gasteiger partial charge is 0.222 e. The van der Waals surface area contributed by atoms with Gasteiger partial charge in [0.1, 0.15) is 5.69 Å². The van der Waals surface area contributed by atoms with E-state index < -0.39 is 0 Å². The van der Waals surface area contributed by atoms with E-state index in [0.29, 0.717) is 19.6 Å². The average Bonchev–Trinajstić information content (AvgIpc) is 3.30. The molecule has 1 aromatic carbocycles. The van der Waals surface area contributed by atoms with E-state index in [1.54, 1.807) is 0 Å². The van der Waals surface area contributed by atoms with Crippen molar-refractivity contribution in [1.29, 1.82) is 0 Å². The minimum absolute atomic E-state index is 0.223. The molecular formula is C19H26N4O2.